The predicted octanol–water partition coefficient (Wildman–Crippen LogP) is 2.67. The minimum Gasteiger partial charge on any atom is -0.398 e. The van der Waals surface area contributed by atoms with Crippen molar-refractivity contribution in [3.8, 4) is 0 Å². The van der Waals surface area contributed by atoms with Crippen LogP contribution in [0.15, 0.2) is 50.4 Å². The fourth-order valence-electron chi connectivity index (χ4n) is 1.08. The lowest BCUT2D eigenvalue weighted by atomic mass is 10.4. The van der Waals surface area contributed by atoms with E-state index in [9.17, 15) is 4.79 Å². The number of allylic oxidation sites excluding steroid dienone is 3. The van der Waals surface area contributed by atoms with Crippen molar-refractivity contribution in [3.05, 3.63) is 56.6 Å². The van der Waals surface area contributed by atoms with Crippen LogP contribution in [0, 0.1) is 6.92 Å². The summed E-state index contributed by atoms with van der Waals surface area (Å²) >= 11 is 7.33. The van der Waals surface area contributed by atoms with Crippen molar-refractivity contribution in [1.29, 1.82) is 0 Å². The smallest absolute Gasteiger partial charge is 0.270 e. The Hall–Kier alpha value is -1.46. The van der Waals surface area contributed by atoms with Crippen LogP contribution in [0.4, 0.5) is 0 Å². The first-order valence-corrected chi connectivity index (χ1v) is 6.36. The highest BCUT2D eigenvalue weighted by atomic mass is 35.5. The zero-order chi connectivity index (χ0) is 13.7. The van der Waals surface area contributed by atoms with Crippen molar-refractivity contribution in [1.82, 2.24) is 9.97 Å². The predicted molar refractivity (Wildman–Crippen MR) is 76.5 cm³/mol. The van der Waals surface area contributed by atoms with Gasteiger partial charge in [0.15, 0.2) is 0 Å². The first kappa shape index (κ1) is 14.6. The quantitative estimate of drug-likeness (QED) is 0.658. The number of hydrogen-bond donors (Lipinski definition) is 2. The van der Waals surface area contributed by atoms with Gasteiger partial charge in [-0.2, -0.15) is 0 Å². The fourth-order valence-corrected chi connectivity index (χ4v) is 2.17. The summed E-state index contributed by atoms with van der Waals surface area (Å²) in [6.07, 6.45) is 5.20. The van der Waals surface area contributed by atoms with Crippen LogP contribution < -0.4 is 11.3 Å². The summed E-state index contributed by atoms with van der Waals surface area (Å²) in [6, 6.07) is 0. The topological polar surface area (TPSA) is 71.8 Å². The Bertz CT molecular complexity index is 575. The number of H-pyrrole nitrogens is 1. The Morgan fingerprint density at radius 2 is 2.33 bits per heavy atom. The maximum absolute atomic E-state index is 11.4. The molecule has 3 N–H and O–H groups in total. The van der Waals surface area contributed by atoms with Crippen molar-refractivity contribution in [2.45, 2.75) is 18.9 Å². The van der Waals surface area contributed by atoms with Gasteiger partial charge in [-0.1, -0.05) is 42.1 Å². The molecule has 0 bridgehead atoms. The van der Waals surface area contributed by atoms with Gasteiger partial charge in [0.05, 0.1) is 16.3 Å². The summed E-state index contributed by atoms with van der Waals surface area (Å²) in [6.45, 7) is 7.09. The Morgan fingerprint density at radius 1 is 1.67 bits per heavy atom. The summed E-state index contributed by atoms with van der Waals surface area (Å²) in [5.74, 6) is 0. The first-order chi connectivity index (χ1) is 8.45. The number of aromatic nitrogens is 2. The Morgan fingerprint density at radius 3 is 2.83 bits per heavy atom. The van der Waals surface area contributed by atoms with E-state index >= 15 is 0 Å². The van der Waals surface area contributed by atoms with Crippen molar-refractivity contribution in [2.75, 3.05) is 0 Å². The molecule has 0 aliphatic rings. The number of aryl methyl sites for hydroxylation is 1. The van der Waals surface area contributed by atoms with E-state index in [1.807, 2.05) is 13.0 Å². The number of hydrogen-bond acceptors (Lipinski definition) is 4. The summed E-state index contributed by atoms with van der Waals surface area (Å²) < 4.78 is 0. The fraction of sp³-hybridized carbons (Fsp3) is 0.167. The molecule has 0 unspecified atom stereocenters. The molecule has 4 nitrogen and oxygen atoms in total. The van der Waals surface area contributed by atoms with Crippen molar-refractivity contribution >= 4 is 23.4 Å². The van der Waals surface area contributed by atoms with Gasteiger partial charge in [-0.15, -0.1) is 0 Å². The van der Waals surface area contributed by atoms with E-state index in [1.165, 1.54) is 11.8 Å². The standard InChI is InChI=1S/C12H14ClN3OS/c1-4-5-9(11(13)7(2)14)18-10-6-15-8(3)12(17)16-10/h4-6H,2,14H2,1,3H3,(H,16,17)/b5-4-,11-9-. The molecule has 0 aliphatic heterocycles. The second-order valence-electron chi connectivity index (χ2n) is 3.47. The number of nitrogens with one attached hydrogen (secondary N) is 1. The lowest BCUT2D eigenvalue weighted by Gasteiger charge is -2.06. The minimum atomic E-state index is -0.220. The molecule has 0 aliphatic carbocycles. The second-order valence-corrected chi connectivity index (χ2v) is 4.93. The van der Waals surface area contributed by atoms with E-state index in [0.717, 1.165) is 0 Å². The average Bonchev–Trinajstić information content (AvgIpc) is 2.32. The molecule has 0 atom stereocenters. The Kier molecular flexibility index (Phi) is 5.25. The minimum absolute atomic E-state index is 0.220. The number of rotatable bonds is 4. The van der Waals surface area contributed by atoms with Crippen LogP contribution in [-0.2, 0) is 0 Å². The third-order valence-electron chi connectivity index (χ3n) is 1.98. The van der Waals surface area contributed by atoms with Crippen LogP contribution in [-0.4, -0.2) is 9.97 Å². The second kappa shape index (κ2) is 6.47. The van der Waals surface area contributed by atoms with Crippen molar-refractivity contribution < 1.29 is 0 Å². The third kappa shape index (κ3) is 3.78. The van der Waals surface area contributed by atoms with Gasteiger partial charge < -0.3 is 10.7 Å². The normalized spacial score (nSPS) is 12.6. The van der Waals surface area contributed by atoms with Gasteiger partial charge in [0.25, 0.3) is 5.56 Å². The lowest BCUT2D eigenvalue weighted by molar-refractivity contribution is 0.967. The van der Waals surface area contributed by atoms with E-state index in [-0.39, 0.29) is 11.3 Å². The zero-order valence-corrected chi connectivity index (χ0v) is 11.7. The molecule has 18 heavy (non-hydrogen) atoms. The molecule has 6 heteroatoms. The highest BCUT2D eigenvalue weighted by Crippen LogP contribution is 2.31. The Labute approximate surface area is 115 Å². The number of aromatic amines is 1. The summed E-state index contributed by atoms with van der Waals surface area (Å²) in [4.78, 5) is 18.8. The maximum atomic E-state index is 11.4. The van der Waals surface area contributed by atoms with Gasteiger partial charge in [-0.05, 0) is 13.8 Å². The van der Waals surface area contributed by atoms with Crippen LogP contribution >= 0.6 is 23.4 Å². The molecule has 0 saturated heterocycles. The van der Waals surface area contributed by atoms with Gasteiger partial charge >= 0.3 is 0 Å². The van der Waals surface area contributed by atoms with E-state index < -0.39 is 0 Å². The van der Waals surface area contributed by atoms with E-state index in [4.69, 9.17) is 17.3 Å². The van der Waals surface area contributed by atoms with E-state index in [1.54, 1.807) is 19.2 Å². The van der Waals surface area contributed by atoms with Crippen LogP contribution in [0.3, 0.4) is 0 Å². The average molecular weight is 284 g/mol. The highest BCUT2D eigenvalue weighted by Gasteiger charge is 2.07. The molecule has 0 fully saturated rings. The molecule has 96 valence electrons. The molecular formula is C12H14ClN3OS. The van der Waals surface area contributed by atoms with Crippen molar-refractivity contribution in [2.24, 2.45) is 5.73 Å². The van der Waals surface area contributed by atoms with E-state index in [0.29, 0.717) is 20.7 Å². The maximum Gasteiger partial charge on any atom is 0.270 e. The monoisotopic (exact) mass is 283 g/mol. The number of thioether (sulfide) groups is 1. The van der Waals surface area contributed by atoms with Gasteiger partial charge in [-0.3, -0.25) is 9.78 Å². The third-order valence-corrected chi connectivity index (χ3v) is 3.52. The molecular weight excluding hydrogens is 270 g/mol. The largest absolute Gasteiger partial charge is 0.398 e. The molecule has 0 radical (unpaired) electrons. The van der Waals surface area contributed by atoms with Crippen molar-refractivity contribution in [3.63, 3.8) is 0 Å². The van der Waals surface area contributed by atoms with Crippen LogP contribution in [0.5, 0.6) is 0 Å². The molecule has 1 aromatic rings. The van der Waals surface area contributed by atoms with Gasteiger partial charge in [0.1, 0.15) is 5.69 Å². The van der Waals surface area contributed by atoms with Gasteiger partial charge in [0, 0.05) is 10.6 Å². The molecule has 0 aromatic carbocycles. The van der Waals surface area contributed by atoms with Crippen LogP contribution in [0.1, 0.15) is 12.6 Å². The van der Waals surface area contributed by atoms with Crippen LogP contribution in [0.25, 0.3) is 0 Å². The van der Waals surface area contributed by atoms with Crippen LogP contribution in [0.2, 0.25) is 0 Å². The van der Waals surface area contributed by atoms with Gasteiger partial charge in [-0.25, -0.2) is 0 Å². The Balaban J connectivity index is 3.12. The molecule has 0 amide bonds. The molecule has 0 saturated carbocycles. The van der Waals surface area contributed by atoms with E-state index in [2.05, 4.69) is 16.5 Å². The zero-order valence-electron chi connectivity index (χ0n) is 10.2. The molecule has 1 heterocycles. The molecule has 1 rings (SSSR count). The van der Waals surface area contributed by atoms with Gasteiger partial charge in [0.2, 0.25) is 0 Å². The summed E-state index contributed by atoms with van der Waals surface area (Å²) in [5, 5.41) is 0.956. The number of halogens is 1. The first-order valence-electron chi connectivity index (χ1n) is 5.16. The lowest BCUT2D eigenvalue weighted by Crippen LogP contribution is -2.11. The molecule has 0 spiro atoms. The highest BCUT2D eigenvalue weighted by molar-refractivity contribution is 8.03. The summed E-state index contributed by atoms with van der Waals surface area (Å²) in [7, 11) is 0. The molecule has 1 aromatic heterocycles. The number of nitrogens with zero attached hydrogens (tertiary/aromatic N) is 1. The SMILES string of the molecule is C=C(N)/C(Cl)=C(\C=C/C)Sc1cnc(C)c(=O)[nH]1. The number of nitrogens with two attached hydrogens (primary N) is 1. The summed E-state index contributed by atoms with van der Waals surface area (Å²) in [5.41, 5.74) is 6.03.